The number of amides is 2. The Labute approximate surface area is 232 Å². The Hall–Kier alpha value is -4.88. The summed E-state index contributed by atoms with van der Waals surface area (Å²) in [5.41, 5.74) is 4.13. The van der Waals surface area contributed by atoms with Gasteiger partial charge < -0.3 is 4.74 Å². The van der Waals surface area contributed by atoms with E-state index in [1.807, 2.05) is 84.7 Å². The third-order valence-electron chi connectivity index (χ3n) is 6.94. The summed E-state index contributed by atoms with van der Waals surface area (Å²) in [7, 11) is 1.82. The lowest BCUT2D eigenvalue weighted by Gasteiger charge is -2.23. The molecule has 1 heterocycles. The van der Waals surface area contributed by atoms with Crippen LogP contribution in [-0.2, 0) is 20.9 Å². The first-order valence-corrected chi connectivity index (χ1v) is 13.0. The van der Waals surface area contributed by atoms with Gasteiger partial charge in [0.1, 0.15) is 0 Å². The van der Waals surface area contributed by atoms with Crippen LogP contribution in [0.1, 0.15) is 32.7 Å². The van der Waals surface area contributed by atoms with Crippen molar-refractivity contribution in [1.29, 1.82) is 0 Å². The zero-order valence-corrected chi connectivity index (χ0v) is 22.0. The van der Waals surface area contributed by atoms with Crippen LogP contribution in [0.5, 0.6) is 0 Å². The van der Waals surface area contributed by atoms with E-state index in [0.29, 0.717) is 17.8 Å². The Morgan fingerprint density at radius 3 is 2.00 bits per heavy atom. The highest BCUT2D eigenvalue weighted by molar-refractivity contribution is 6.22. The molecule has 4 aromatic rings. The SMILES string of the molecule is CN(Cc1ccccc1)C1CC(=O)N(c2ccc(C(=O)OCC(=O)c3ccc(-c4ccccc4)cc3)cc2)C1=O. The summed E-state index contributed by atoms with van der Waals surface area (Å²) in [4.78, 5) is 54.0. The van der Waals surface area contributed by atoms with E-state index < -0.39 is 18.6 Å². The quantitative estimate of drug-likeness (QED) is 0.168. The number of carbonyl (C=O) groups excluding carboxylic acids is 4. The highest BCUT2D eigenvalue weighted by Gasteiger charge is 2.41. The van der Waals surface area contributed by atoms with Crippen molar-refractivity contribution in [3.05, 3.63) is 126 Å². The monoisotopic (exact) mass is 532 g/mol. The summed E-state index contributed by atoms with van der Waals surface area (Å²) in [6, 6.07) is 32.2. The summed E-state index contributed by atoms with van der Waals surface area (Å²) in [5, 5.41) is 0. The maximum Gasteiger partial charge on any atom is 0.338 e. The normalized spacial score (nSPS) is 14.9. The maximum absolute atomic E-state index is 13.1. The highest BCUT2D eigenvalue weighted by Crippen LogP contribution is 2.26. The zero-order valence-electron chi connectivity index (χ0n) is 22.0. The molecule has 1 fully saturated rings. The van der Waals surface area contributed by atoms with Gasteiger partial charge in [-0.15, -0.1) is 0 Å². The molecule has 0 radical (unpaired) electrons. The summed E-state index contributed by atoms with van der Waals surface area (Å²) in [6.07, 6.45) is 0.0837. The molecule has 0 spiro atoms. The minimum absolute atomic E-state index is 0.0837. The molecule has 0 saturated carbocycles. The van der Waals surface area contributed by atoms with Crippen LogP contribution in [0.15, 0.2) is 109 Å². The fourth-order valence-electron chi connectivity index (χ4n) is 4.74. The van der Waals surface area contributed by atoms with Gasteiger partial charge in [-0.2, -0.15) is 0 Å². The fraction of sp³-hybridized carbons (Fsp3) is 0.152. The summed E-state index contributed by atoms with van der Waals surface area (Å²) in [5.74, 6) is -1.58. The van der Waals surface area contributed by atoms with Gasteiger partial charge in [0.15, 0.2) is 12.4 Å². The second-order valence-corrected chi connectivity index (χ2v) is 9.68. The molecule has 1 saturated heterocycles. The summed E-state index contributed by atoms with van der Waals surface area (Å²) in [6.45, 7) is 0.142. The number of ether oxygens (including phenoxy) is 1. The number of benzene rings is 4. The molecule has 0 aromatic heterocycles. The number of rotatable bonds is 9. The molecule has 1 aliphatic rings. The average molecular weight is 533 g/mol. The van der Waals surface area contributed by atoms with Gasteiger partial charge in [0, 0.05) is 12.1 Å². The number of hydrogen-bond acceptors (Lipinski definition) is 6. The number of ketones is 1. The first-order chi connectivity index (χ1) is 19.4. The third kappa shape index (κ3) is 5.90. The van der Waals surface area contributed by atoms with Gasteiger partial charge >= 0.3 is 5.97 Å². The molecule has 200 valence electrons. The standard InChI is InChI=1S/C33H28N2O5/c1-34(21-23-8-4-2-5-9-23)29-20-31(37)35(32(29)38)28-18-16-27(17-19-28)33(39)40-22-30(36)26-14-12-25(13-15-26)24-10-6-3-7-11-24/h2-19,29H,20-22H2,1H3. The van der Waals surface area contributed by atoms with E-state index in [9.17, 15) is 19.2 Å². The molecule has 0 aliphatic carbocycles. The molecule has 40 heavy (non-hydrogen) atoms. The number of likely N-dealkylation sites (N-methyl/N-ethyl adjacent to an activating group) is 1. The molecular weight excluding hydrogens is 504 g/mol. The van der Waals surface area contributed by atoms with E-state index in [2.05, 4.69) is 0 Å². The molecule has 4 aromatic carbocycles. The second-order valence-electron chi connectivity index (χ2n) is 9.68. The first-order valence-electron chi connectivity index (χ1n) is 13.0. The lowest BCUT2D eigenvalue weighted by molar-refractivity contribution is -0.122. The van der Waals surface area contributed by atoms with Gasteiger partial charge in [0.2, 0.25) is 5.91 Å². The molecule has 5 rings (SSSR count). The van der Waals surface area contributed by atoms with Crippen LogP contribution in [0.3, 0.4) is 0 Å². The predicted octanol–water partition coefficient (Wildman–Crippen LogP) is 5.16. The lowest BCUT2D eigenvalue weighted by Crippen LogP contribution is -2.39. The highest BCUT2D eigenvalue weighted by atomic mass is 16.5. The van der Waals surface area contributed by atoms with Crippen molar-refractivity contribution in [3.63, 3.8) is 0 Å². The Balaban J connectivity index is 1.17. The Morgan fingerprint density at radius 1 is 0.775 bits per heavy atom. The number of esters is 1. The molecule has 1 atom stereocenters. The van der Waals surface area contributed by atoms with Crippen molar-refractivity contribution in [3.8, 4) is 11.1 Å². The van der Waals surface area contributed by atoms with Crippen LogP contribution >= 0.6 is 0 Å². The number of carbonyl (C=O) groups is 4. The minimum Gasteiger partial charge on any atom is -0.454 e. The van der Waals surface area contributed by atoms with Crippen molar-refractivity contribution in [2.24, 2.45) is 0 Å². The molecule has 0 bridgehead atoms. The Bertz CT molecular complexity index is 1520. The van der Waals surface area contributed by atoms with Crippen LogP contribution < -0.4 is 4.90 Å². The van der Waals surface area contributed by atoms with Crippen LogP contribution in [-0.4, -0.2) is 48.2 Å². The Morgan fingerprint density at radius 2 is 1.35 bits per heavy atom. The number of hydrogen-bond donors (Lipinski definition) is 0. The van der Waals surface area contributed by atoms with Gasteiger partial charge in [-0.1, -0.05) is 84.9 Å². The molecule has 1 aliphatic heterocycles. The average Bonchev–Trinajstić information content (AvgIpc) is 3.30. The van der Waals surface area contributed by atoms with Crippen molar-refractivity contribution >= 4 is 29.3 Å². The van der Waals surface area contributed by atoms with Crippen molar-refractivity contribution in [1.82, 2.24) is 4.90 Å². The molecule has 1 unspecified atom stereocenters. The van der Waals surface area contributed by atoms with Crippen LogP contribution in [0, 0.1) is 0 Å². The molecular formula is C33H28N2O5. The van der Waals surface area contributed by atoms with Crippen LogP contribution in [0.2, 0.25) is 0 Å². The van der Waals surface area contributed by atoms with E-state index in [0.717, 1.165) is 21.6 Å². The molecule has 0 N–H and O–H groups in total. The van der Waals surface area contributed by atoms with E-state index in [1.54, 1.807) is 12.1 Å². The van der Waals surface area contributed by atoms with Crippen molar-refractivity contribution < 1.29 is 23.9 Å². The van der Waals surface area contributed by atoms with Crippen molar-refractivity contribution in [2.75, 3.05) is 18.6 Å². The van der Waals surface area contributed by atoms with Gasteiger partial charge in [0.25, 0.3) is 5.91 Å². The third-order valence-corrected chi connectivity index (χ3v) is 6.94. The summed E-state index contributed by atoms with van der Waals surface area (Å²) >= 11 is 0. The van der Waals surface area contributed by atoms with Crippen LogP contribution in [0.4, 0.5) is 5.69 Å². The topological polar surface area (TPSA) is 84.0 Å². The zero-order chi connectivity index (χ0) is 28.1. The van der Waals surface area contributed by atoms with Gasteiger partial charge in [-0.25, -0.2) is 9.69 Å². The van der Waals surface area contributed by atoms with E-state index in [-0.39, 0.29) is 29.6 Å². The molecule has 7 heteroatoms. The number of anilines is 1. The number of Topliss-reactive ketones (excluding diaryl/α,β-unsaturated/α-hetero) is 1. The van der Waals surface area contributed by atoms with E-state index in [4.69, 9.17) is 4.74 Å². The number of imide groups is 1. The minimum atomic E-state index is -0.666. The van der Waals surface area contributed by atoms with Crippen LogP contribution in [0.25, 0.3) is 11.1 Å². The van der Waals surface area contributed by atoms with Gasteiger partial charge in [-0.3, -0.25) is 19.3 Å². The smallest absolute Gasteiger partial charge is 0.338 e. The first kappa shape index (κ1) is 26.7. The largest absolute Gasteiger partial charge is 0.454 e. The van der Waals surface area contributed by atoms with E-state index >= 15 is 0 Å². The maximum atomic E-state index is 13.1. The van der Waals surface area contributed by atoms with Crippen molar-refractivity contribution in [2.45, 2.75) is 19.0 Å². The number of nitrogens with zero attached hydrogens (tertiary/aromatic N) is 2. The fourth-order valence-corrected chi connectivity index (χ4v) is 4.74. The molecule has 2 amide bonds. The van der Waals surface area contributed by atoms with E-state index in [1.165, 1.54) is 24.3 Å². The van der Waals surface area contributed by atoms with Gasteiger partial charge in [-0.05, 0) is 48.0 Å². The second kappa shape index (κ2) is 11.9. The Kier molecular flexibility index (Phi) is 7.94. The summed E-state index contributed by atoms with van der Waals surface area (Å²) < 4.78 is 5.23. The molecule has 7 nitrogen and oxygen atoms in total. The predicted molar refractivity (Wildman–Crippen MR) is 152 cm³/mol. The lowest BCUT2D eigenvalue weighted by atomic mass is 10.0. The van der Waals surface area contributed by atoms with Gasteiger partial charge in [0.05, 0.1) is 23.7 Å².